The van der Waals surface area contributed by atoms with Crippen LogP contribution in [-0.2, 0) is 14.6 Å². The summed E-state index contributed by atoms with van der Waals surface area (Å²) in [7, 11) is -3.07. The molecule has 3 fully saturated rings. The number of hydrogen-bond donors (Lipinski definition) is 2. The summed E-state index contributed by atoms with van der Waals surface area (Å²) < 4.78 is 24.2. The first kappa shape index (κ1) is 19.1. The predicted molar refractivity (Wildman–Crippen MR) is 96.0 cm³/mol. The van der Waals surface area contributed by atoms with Crippen LogP contribution in [0.1, 0.15) is 32.1 Å². The molecule has 3 aliphatic rings. The van der Waals surface area contributed by atoms with E-state index < -0.39 is 9.84 Å². The number of carbonyl (C=O) groups excluding carboxylic acids is 1. The number of aliphatic hydroxyl groups excluding tert-OH is 1. The summed E-state index contributed by atoms with van der Waals surface area (Å²) in [4.78, 5) is 16.4. The fourth-order valence-corrected chi connectivity index (χ4v) is 6.63. The molecule has 2 saturated heterocycles. The normalized spacial score (nSPS) is 30.9. The van der Waals surface area contributed by atoms with Crippen molar-refractivity contribution < 1.29 is 18.3 Å². The minimum atomic E-state index is -3.07. The highest BCUT2D eigenvalue weighted by molar-refractivity contribution is 7.91. The molecule has 0 unspecified atom stereocenters. The van der Waals surface area contributed by atoms with Gasteiger partial charge in [-0.25, -0.2) is 8.42 Å². The zero-order chi connectivity index (χ0) is 17.9. The summed E-state index contributed by atoms with van der Waals surface area (Å²) in [6.45, 7) is 2.93. The Kier molecular flexibility index (Phi) is 6.35. The fraction of sp³-hybridized carbons (Fsp3) is 0.941. The molecule has 0 aromatic carbocycles. The number of piperazine rings is 1. The molecule has 2 N–H and O–H groups in total. The van der Waals surface area contributed by atoms with Crippen molar-refractivity contribution in [2.75, 3.05) is 50.8 Å². The third-order valence-electron chi connectivity index (χ3n) is 5.95. The van der Waals surface area contributed by atoms with Gasteiger partial charge in [0, 0.05) is 38.3 Å². The second kappa shape index (κ2) is 8.33. The molecule has 7 nitrogen and oxygen atoms in total. The minimum absolute atomic E-state index is 0.00392. The molecule has 1 amide bonds. The van der Waals surface area contributed by atoms with Crippen molar-refractivity contribution in [1.29, 1.82) is 0 Å². The van der Waals surface area contributed by atoms with Gasteiger partial charge in [0.15, 0.2) is 9.84 Å². The Morgan fingerprint density at radius 1 is 1.04 bits per heavy atom. The van der Waals surface area contributed by atoms with Crippen molar-refractivity contribution >= 4 is 15.7 Å². The number of nitrogens with one attached hydrogen (secondary N) is 1. The average molecular weight is 374 g/mol. The second-order valence-corrected chi connectivity index (χ2v) is 9.90. The van der Waals surface area contributed by atoms with Crippen LogP contribution in [0.4, 0.5) is 0 Å². The van der Waals surface area contributed by atoms with Crippen molar-refractivity contribution in [3.63, 3.8) is 0 Å². The van der Waals surface area contributed by atoms with Crippen LogP contribution < -0.4 is 5.32 Å². The molecule has 2 atom stereocenters. The lowest BCUT2D eigenvalue weighted by Crippen LogP contribution is -2.61. The van der Waals surface area contributed by atoms with Gasteiger partial charge in [-0.15, -0.1) is 0 Å². The Hall–Kier alpha value is -0.700. The highest BCUT2D eigenvalue weighted by Crippen LogP contribution is 2.26. The van der Waals surface area contributed by atoms with Crippen LogP contribution >= 0.6 is 0 Å². The second-order valence-electron chi connectivity index (χ2n) is 7.75. The van der Waals surface area contributed by atoms with Gasteiger partial charge in [-0.3, -0.25) is 14.6 Å². The lowest BCUT2D eigenvalue weighted by atomic mass is 9.89. The van der Waals surface area contributed by atoms with Crippen molar-refractivity contribution in [2.24, 2.45) is 5.92 Å². The predicted octanol–water partition coefficient (Wildman–Crippen LogP) is -0.542. The summed E-state index contributed by atoms with van der Waals surface area (Å²) in [6.07, 6.45) is 6.22. The van der Waals surface area contributed by atoms with Crippen molar-refractivity contribution in [3.05, 3.63) is 0 Å². The quantitative estimate of drug-likeness (QED) is 0.650. The molecule has 144 valence electrons. The molecule has 8 heteroatoms. The molecule has 0 spiro atoms. The molecular formula is C17H31N3O4S. The number of hydrogen-bond acceptors (Lipinski definition) is 6. The maximum absolute atomic E-state index is 12.4. The van der Waals surface area contributed by atoms with E-state index in [0.29, 0.717) is 25.6 Å². The Balaban J connectivity index is 1.54. The van der Waals surface area contributed by atoms with Gasteiger partial charge < -0.3 is 10.4 Å². The molecule has 1 aliphatic carbocycles. The van der Waals surface area contributed by atoms with E-state index in [2.05, 4.69) is 10.2 Å². The van der Waals surface area contributed by atoms with Gasteiger partial charge in [0.05, 0.1) is 24.7 Å². The molecule has 0 bridgehead atoms. The van der Waals surface area contributed by atoms with Crippen molar-refractivity contribution in [2.45, 2.75) is 44.2 Å². The van der Waals surface area contributed by atoms with Crippen LogP contribution in [0.3, 0.4) is 0 Å². The third kappa shape index (κ3) is 4.93. The average Bonchev–Trinajstić information content (AvgIpc) is 2.92. The Labute approximate surface area is 150 Å². The number of rotatable bonds is 6. The number of nitrogens with zero attached hydrogens (tertiary/aromatic N) is 2. The molecule has 1 saturated carbocycles. The topological polar surface area (TPSA) is 90.0 Å². The van der Waals surface area contributed by atoms with Crippen molar-refractivity contribution in [1.82, 2.24) is 15.1 Å². The number of amides is 1. The monoisotopic (exact) mass is 373 g/mol. The van der Waals surface area contributed by atoms with E-state index in [1.807, 2.05) is 4.90 Å². The Morgan fingerprint density at radius 3 is 2.36 bits per heavy atom. The Morgan fingerprint density at radius 2 is 1.68 bits per heavy atom. The van der Waals surface area contributed by atoms with Gasteiger partial charge in [0.2, 0.25) is 5.91 Å². The van der Waals surface area contributed by atoms with Gasteiger partial charge in [-0.05, 0) is 18.8 Å². The zero-order valence-corrected chi connectivity index (χ0v) is 15.7. The molecule has 2 aliphatic heterocycles. The summed E-state index contributed by atoms with van der Waals surface area (Å²) in [5.74, 6) is 0.857. The fourth-order valence-electron chi connectivity index (χ4n) is 4.59. The van der Waals surface area contributed by atoms with E-state index >= 15 is 0 Å². The van der Waals surface area contributed by atoms with Crippen LogP contribution in [0.5, 0.6) is 0 Å². The van der Waals surface area contributed by atoms with E-state index in [-0.39, 0.29) is 42.6 Å². The van der Waals surface area contributed by atoms with E-state index in [0.717, 1.165) is 6.54 Å². The number of aliphatic hydroxyl groups is 1. The highest BCUT2D eigenvalue weighted by Gasteiger charge is 2.46. The highest BCUT2D eigenvalue weighted by atomic mass is 32.2. The summed E-state index contributed by atoms with van der Waals surface area (Å²) in [5.41, 5.74) is 0. The largest absolute Gasteiger partial charge is 0.395 e. The van der Waals surface area contributed by atoms with Crippen LogP contribution in [0.2, 0.25) is 0 Å². The standard InChI is InChI=1S/C17H31N3O4S/c21-9-8-19-6-7-20(16-13-25(23,24)12-15(16)19)11-17(22)18-10-14-4-2-1-3-5-14/h14-16,21H,1-13H2,(H,18,22)/t15-,16+/m1/s1. The molecule has 25 heavy (non-hydrogen) atoms. The van der Waals surface area contributed by atoms with Gasteiger partial charge in [-0.1, -0.05) is 19.3 Å². The van der Waals surface area contributed by atoms with E-state index in [4.69, 9.17) is 0 Å². The molecular weight excluding hydrogens is 342 g/mol. The van der Waals surface area contributed by atoms with Gasteiger partial charge >= 0.3 is 0 Å². The molecule has 0 aromatic rings. The maximum Gasteiger partial charge on any atom is 0.234 e. The number of sulfone groups is 1. The lowest BCUT2D eigenvalue weighted by molar-refractivity contribution is -0.124. The van der Waals surface area contributed by atoms with E-state index in [1.165, 1.54) is 32.1 Å². The number of carbonyl (C=O) groups is 1. The zero-order valence-electron chi connectivity index (χ0n) is 14.9. The first-order valence-corrected chi connectivity index (χ1v) is 11.4. The minimum Gasteiger partial charge on any atom is -0.395 e. The lowest BCUT2D eigenvalue weighted by Gasteiger charge is -2.43. The smallest absolute Gasteiger partial charge is 0.234 e. The summed E-state index contributed by atoms with van der Waals surface area (Å²) >= 11 is 0. The van der Waals surface area contributed by atoms with Crippen molar-refractivity contribution in [3.8, 4) is 0 Å². The van der Waals surface area contributed by atoms with Crippen LogP contribution in [-0.4, -0.2) is 92.2 Å². The molecule has 0 radical (unpaired) electrons. The third-order valence-corrected chi connectivity index (χ3v) is 7.65. The van der Waals surface area contributed by atoms with Gasteiger partial charge in [0.25, 0.3) is 0 Å². The molecule has 0 aromatic heterocycles. The van der Waals surface area contributed by atoms with Crippen LogP contribution in [0.15, 0.2) is 0 Å². The Bertz CT molecular complexity index is 562. The van der Waals surface area contributed by atoms with Crippen LogP contribution in [0, 0.1) is 5.92 Å². The number of fused-ring (bicyclic) bond motifs is 1. The maximum atomic E-state index is 12.4. The van der Waals surface area contributed by atoms with E-state index in [1.54, 1.807) is 0 Å². The summed E-state index contributed by atoms with van der Waals surface area (Å²) in [6, 6.07) is -0.234. The number of β-amino-alcohol motifs (C(OH)–C–C–N with tert-alkyl or cyclic N) is 1. The van der Waals surface area contributed by atoms with Gasteiger partial charge in [-0.2, -0.15) is 0 Å². The first-order valence-electron chi connectivity index (χ1n) is 9.54. The van der Waals surface area contributed by atoms with Crippen LogP contribution in [0.25, 0.3) is 0 Å². The molecule has 2 heterocycles. The van der Waals surface area contributed by atoms with E-state index in [9.17, 15) is 18.3 Å². The first-order chi connectivity index (χ1) is 12.0. The summed E-state index contributed by atoms with van der Waals surface area (Å²) in [5, 5.41) is 12.3. The SMILES string of the molecule is O=C(CN1CCN(CCO)[C@@H]2CS(=O)(=O)C[C@@H]21)NCC1CCCCC1. The molecule has 3 rings (SSSR count). The van der Waals surface area contributed by atoms with Gasteiger partial charge in [0.1, 0.15) is 0 Å².